The summed E-state index contributed by atoms with van der Waals surface area (Å²) in [5.41, 5.74) is 4.17. The van der Waals surface area contributed by atoms with Crippen molar-refractivity contribution in [2.45, 2.75) is 55.9 Å². The van der Waals surface area contributed by atoms with E-state index in [4.69, 9.17) is 4.74 Å². The van der Waals surface area contributed by atoms with E-state index < -0.39 is 10.0 Å². The van der Waals surface area contributed by atoms with Crippen molar-refractivity contribution >= 4 is 22.4 Å². The van der Waals surface area contributed by atoms with E-state index in [1.54, 1.807) is 7.05 Å². The number of fused-ring (bicyclic) bond motifs is 1. The van der Waals surface area contributed by atoms with Crippen molar-refractivity contribution in [2.24, 2.45) is 7.05 Å². The average Bonchev–Trinajstić information content (AvgIpc) is 3.60. The third kappa shape index (κ3) is 6.25. The summed E-state index contributed by atoms with van der Waals surface area (Å²) in [6.45, 7) is 5.19. The third-order valence-electron chi connectivity index (χ3n) is 7.88. The van der Waals surface area contributed by atoms with Crippen molar-refractivity contribution in [3.63, 3.8) is 0 Å². The first kappa shape index (κ1) is 28.6. The predicted molar refractivity (Wildman–Crippen MR) is 153 cm³/mol. The molecule has 5 rings (SSSR count). The smallest absolute Gasteiger partial charge is 0.246 e. The zero-order valence-corrected chi connectivity index (χ0v) is 24.0. The highest BCUT2D eigenvalue weighted by molar-refractivity contribution is 7.89. The zero-order valence-electron chi connectivity index (χ0n) is 22.3. The lowest BCUT2D eigenvalue weighted by Crippen LogP contribution is -2.41. The normalized spacial score (nSPS) is 19.8. The minimum Gasteiger partial charge on any atom is -0.492 e. The first-order valence-electron chi connectivity index (χ1n) is 13.5. The minimum atomic E-state index is -3.59. The van der Waals surface area contributed by atoms with Crippen LogP contribution in [0.4, 0.5) is 0 Å². The summed E-state index contributed by atoms with van der Waals surface area (Å²) in [5, 5.41) is 4.02. The van der Waals surface area contributed by atoms with Crippen molar-refractivity contribution in [1.29, 1.82) is 0 Å². The number of nitrogens with zero attached hydrogens (tertiary/aromatic N) is 4. The molecule has 7 nitrogen and oxygen atoms in total. The molecule has 2 aromatic carbocycles. The number of hydrogen-bond donors (Lipinski definition) is 0. The van der Waals surface area contributed by atoms with Crippen LogP contribution in [0.2, 0.25) is 0 Å². The molecule has 0 saturated carbocycles. The van der Waals surface area contributed by atoms with Gasteiger partial charge in [0.1, 0.15) is 17.3 Å². The monoisotopic (exact) mass is 558 g/mol. The number of likely N-dealkylation sites (tertiary alicyclic amines) is 1. The molecule has 38 heavy (non-hydrogen) atoms. The number of rotatable bonds is 10. The maximum atomic E-state index is 13.0. The van der Waals surface area contributed by atoms with E-state index in [1.807, 2.05) is 13.0 Å². The van der Waals surface area contributed by atoms with Crippen LogP contribution >= 0.6 is 12.4 Å². The van der Waals surface area contributed by atoms with Gasteiger partial charge in [-0.25, -0.2) is 8.42 Å². The van der Waals surface area contributed by atoms with Crippen molar-refractivity contribution in [3.05, 3.63) is 77.6 Å². The Kier molecular flexibility index (Phi) is 9.52. The van der Waals surface area contributed by atoms with Gasteiger partial charge in [-0.2, -0.15) is 9.40 Å². The molecule has 206 valence electrons. The molecule has 0 N–H and O–H groups in total. The molecule has 1 aromatic heterocycles. The Morgan fingerprint density at radius 2 is 1.87 bits per heavy atom. The van der Waals surface area contributed by atoms with Gasteiger partial charge in [-0.1, -0.05) is 43.3 Å². The number of benzene rings is 2. The van der Waals surface area contributed by atoms with Crippen molar-refractivity contribution in [2.75, 3.05) is 32.8 Å². The fraction of sp³-hybridized carbons (Fsp3) is 0.483. The van der Waals surface area contributed by atoms with Crippen LogP contribution in [0.25, 0.3) is 0 Å². The lowest BCUT2D eigenvalue weighted by atomic mass is 9.75. The van der Waals surface area contributed by atoms with E-state index >= 15 is 0 Å². The Bertz CT molecular complexity index is 1290. The second-order valence-electron chi connectivity index (χ2n) is 10.2. The van der Waals surface area contributed by atoms with Gasteiger partial charge in [0.15, 0.2) is 0 Å². The molecule has 1 aliphatic heterocycles. The molecule has 2 aliphatic rings. The first-order valence-corrected chi connectivity index (χ1v) is 14.9. The molecular formula is C29H39ClN4O3S. The van der Waals surface area contributed by atoms with E-state index in [0.29, 0.717) is 25.1 Å². The average molecular weight is 559 g/mol. The van der Waals surface area contributed by atoms with Gasteiger partial charge in [-0.3, -0.25) is 9.58 Å². The summed E-state index contributed by atoms with van der Waals surface area (Å²) < 4.78 is 35.1. The number of ether oxygens (including phenoxy) is 1. The molecule has 0 spiro atoms. The minimum absolute atomic E-state index is 0. The SMILES string of the molecule is CCN(CCOc1ccc2c(c1)C(Cc1ccccc1)C(N1CCCC1)CC2)S(=O)(=O)c1cnn(C)c1.Cl. The number of hydrogen-bond acceptors (Lipinski definition) is 5. The van der Waals surface area contributed by atoms with E-state index in [1.165, 1.54) is 70.4 Å². The number of aromatic nitrogens is 2. The number of sulfonamides is 1. The molecule has 9 heteroatoms. The predicted octanol–water partition coefficient (Wildman–Crippen LogP) is 4.67. The van der Waals surface area contributed by atoms with Gasteiger partial charge in [0.25, 0.3) is 0 Å². The molecule has 0 bridgehead atoms. The van der Waals surface area contributed by atoms with Crippen LogP contribution in [-0.2, 0) is 29.9 Å². The van der Waals surface area contributed by atoms with Gasteiger partial charge in [0.2, 0.25) is 10.0 Å². The van der Waals surface area contributed by atoms with Crippen LogP contribution in [0, 0.1) is 0 Å². The lowest BCUT2D eigenvalue weighted by Gasteiger charge is -2.39. The maximum Gasteiger partial charge on any atom is 0.246 e. The third-order valence-corrected chi connectivity index (χ3v) is 9.81. The van der Waals surface area contributed by atoms with Crippen LogP contribution in [-0.4, -0.2) is 66.2 Å². The summed E-state index contributed by atoms with van der Waals surface area (Å²) in [7, 11) is -1.88. The van der Waals surface area contributed by atoms with Crippen molar-refractivity contribution < 1.29 is 13.2 Å². The molecule has 2 atom stereocenters. The lowest BCUT2D eigenvalue weighted by molar-refractivity contribution is 0.188. The molecule has 0 amide bonds. The van der Waals surface area contributed by atoms with E-state index in [-0.39, 0.29) is 23.8 Å². The van der Waals surface area contributed by atoms with Crippen LogP contribution < -0.4 is 4.74 Å². The Morgan fingerprint density at radius 3 is 2.55 bits per heavy atom. The topological polar surface area (TPSA) is 67.7 Å². The highest BCUT2D eigenvalue weighted by Crippen LogP contribution is 2.40. The highest BCUT2D eigenvalue weighted by Gasteiger charge is 2.35. The Hall–Kier alpha value is -2.39. The Labute approximate surface area is 233 Å². The molecule has 0 radical (unpaired) electrons. The van der Waals surface area contributed by atoms with Crippen molar-refractivity contribution in [3.8, 4) is 5.75 Å². The van der Waals surface area contributed by atoms with Gasteiger partial charge in [-0.05, 0) is 74.0 Å². The van der Waals surface area contributed by atoms with Gasteiger partial charge in [-0.15, -0.1) is 12.4 Å². The molecule has 2 unspecified atom stereocenters. The summed E-state index contributed by atoms with van der Waals surface area (Å²) in [6.07, 6.45) is 8.82. The Morgan fingerprint density at radius 1 is 1.11 bits per heavy atom. The van der Waals surface area contributed by atoms with Gasteiger partial charge >= 0.3 is 0 Å². The largest absolute Gasteiger partial charge is 0.492 e. The zero-order chi connectivity index (χ0) is 25.8. The molecule has 2 heterocycles. The fourth-order valence-corrected chi connectivity index (χ4v) is 7.39. The summed E-state index contributed by atoms with van der Waals surface area (Å²) >= 11 is 0. The molecule has 1 saturated heterocycles. The first-order chi connectivity index (χ1) is 18.0. The Balaban J connectivity index is 0.00000336. The number of aryl methyl sites for hydroxylation is 2. The molecular weight excluding hydrogens is 520 g/mol. The van der Waals surface area contributed by atoms with Crippen molar-refractivity contribution in [1.82, 2.24) is 19.0 Å². The number of halogens is 1. The van der Waals surface area contributed by atoms with Crippen LogP contribution in [0.1, 0.15) is 48.8 Å². The quantitative estimate of drug-likeness (QED) is 0.362. The van der Waals surface area contributed by atoms with E-state index in [0.717, 1.165) is 18.6 Å². The molecule has 1 fully saturated rings. The summed E-state index contributed by atoms with van der Waals surface area (Å²) in [6, 6.07) is 17.8. The van der Waals surface area contributed by atoms with Crippen LogP contribution in [0.15, 0.2) is 65.8 Å². The summed E-state index contributed by atoms with van der Waals surface area (Å²) in [4.78, 5) is 2.91. The van der Waals surface area contributed by atoms with Gasteiger partial charge < -0.3 is 4.74 Å². The van der Waals surface area contributed by atoms with Crippen LogP contribution in [0.3, 0.4) is 0 Å². The van der Waals surface area contributed by atoms with Gasteiger partial charge in [0, 0.05) is 38.3 Å². The van der Waals surface area contributed by atoms with Crippen LogP contribution in [0.5, 0.6) is 5.75 Å². The fourth-order valence-electron chi connectivity index (χ4n) is 5.97. The van der Waals surface area contributed by atoms with Gasteiger partial charge in [0.05, 0.1) is 6.20 Å². The number of likely N-dealkylation sites (N-methyl/N-ethyl adjacent to an activating group) is 1. The second-order valence-corrected chi connectivity index (χ2v) is 12.1. The van der Waals surface area contributed by atoms with E-state index in [2.05, 4.69) is 52.5 Å². The molecule has 3 aromatic rings. The second kappa shape index (κ2) is 12.6. The summed E-state index contributed by atoms with van der Waals surface area (Å²) in [5.74, 6) is 1.24. The van der Waals surface area contributed by atoms with E-state index in [9.17, 15) is 8.42 Å². The molecule has 1 aliphatic carbocycles. The standard InChI is InChI=1S/C29H38N4O3S.ClH/c1-3-33(37(34,35)26-21-30-31(2)22-26)17-18-36-25-13-11-24-12-14-29(32-15-7-8-16-32)28(27(24)20-25)19-23-9-5-4-6-10-23;/h4-6,9-11,13,20-22,28-29H,3,7-8,12,14-19H2,1-2H3;1H. The maximum absolute atomic E-state index is 13.0. The highest BCUT2D eigenvalue weighted by atomic mass is 35.5.